The van der Waals surface area contributed by atoms with Crippen LogP contribution in [0.3, 0.4) is 0 Å². The molecule has 5 heteroatoms. The smallest absolute Gasteiger partial charge is 0.126 e. The number of hydrogen-bond acceptors (Lipinski definition) is 3. The molecule has 2 rings (SSSR count). The highest BCUT2D eigenvalue weighted by Crippen LogP contribution is 2.30. The van der Waals surface area contributed by atoms with Gasteiger partial charge in [-0.2, -0.15) is 0 Å². The van der Waals surface area contributed by atoms with Gasteiger partial charge in [-0.1, -0.05) is 11.6 Å². The van der Waals surface area contributed by atoms with Gasteiger partial charge in [0.05, 0.1) is 4.34 Å². The topological polar surface area (TPSA) is 26.0 Å². The molecule has 0 aliphatic heterocycles. The van der Waals surface area contributed by atoms with E-state index < -0.39 is 0 Å². The highest BCUT2D eigenvalue weighted by Gasteiger charge is 2.02. The van der Waals surface area contributed by atoms with Gasteiger partial charge in [0, 0.05) is 21.2 Å². The molecule has 0 aliphatic carbocycles. The second-order valence-corrected chi connectivity index (χ2v) is 6.06. The van der Waals surface area contributed by atoms with Crippen LogP contribution >= 0.6 is 34.7 Å². The van der Waals surface area contributed by atoms with Crippen molar-refractivity contribution in [3.8, 4) is 0 Å². The number of thioether (sulfide) groups is 1. The van der Waals surface area contributed by atoms with Crippen LogP contribution in [0.5, 0.6) is 0 Å². The molecule has 2 N–H and O–H groups in total. The maximum absolute atomic E-state index is 13.0. The minimum Gasteiger partial charge on any atom is -0.399 e. The normalized spacial score (nSPS) is 10.6. The molecule has 0 amide bonds. The molecule has 1 heterocycles. The lowest BCUT2D eigenvalue weighted by Crippen LogP contribution is -1.87. The summed E-state index contributed by atoms with van der Waals surface area (Å²) in [5.41, 5.74) is 6.01. The Morgan fingerprint density at radius 3 is 2.75 bits per heavy atom. The van der Waals surface area contributed by atoms with Crippen molar-refractivity contribution in [1.82, 2.24) is 0 Å². The van der Waals surface area contributed by atoms with Crippen molar-refractivity contribution in [2.45, 2.75) is 10.6 Å². The third-order valence-corrected chi connectivity index (χ3v) is 4.34. The highest BCUT2D eigenvalue weighted by molar-refractivity contribution is 7.98. The van der Waals surface area contributed by atoms with Crippen LogP contribution in [-0.4, -0.2) is 0 Å². The highest BCUT2D eigenvalue weighted by atomic mass is 35.5. The number of anilines is 1. The minimum absolute atomic E-state index is 0.299. The molecule has 16 heavy (non-hydrogen) atoms. The number of rotatable bonds is 3. The van der Waals surface area contributed by atoms with Gasteiger partial charge in [-0.15, -0.1) is 23.1 Å². The van der Waals surface area contributed by atoms with Crippen LogP contribution in [-0.2, 0) is 5.75 Å². The van der Waals surface area contributed by atoms with E-state index in [1.54, 1.807) is 17.8 Å². The summed E-state index contributed by atoms with van der Waals surface area (Å²) in [7, 11) is 0. The molecule has 0 aliphatic rings. The lowest BCUT2D eigenvalue weighted by Gasteiger charge is -2.01. The van der Waals surface area contributed by atoms with Crippen molar-refractivity contribution in [2.24, 2.45) is 0 Å². The molecule has 1 aromatic heterocycles. The number of thiophene rings is 1. The summed E-state index contributed by atoms with van der Waals surface area (Å²) < 4.78 is 13.8. The molecular weight excluding hydrogens is 265 g/mol. The van der Waals surface area contributed by atoms with Crippen molar-refractivity contribution in [3.05, 3.63) is 45.4 Å². The molecule has 1 nitrogen and oxygen atoms in total. The molecule has 0 saturated heterocycles. The fourth-order valence-corrected chi connectivity index (χ4v) is 3.37. The number of nitrogen functional groups attached to an aromatic ring is 1. The first kappa shape index (κ1) is 11.8. The largest absolute Gasteiger partial charge is 0.399 e. The van der Waals surface area contributed by atoms with E-state index in [9.17, 15) is 4.39 Å². The molecule has 0 saturated carbocycles. The number of halogens is 2. The first-order valence-corrected chi connectivity index (χ1v) is 6.74. The van der Waals surface area contributed by atoms with Crippen LogP contribution in [0.2, 0.25) is 4.34 Å². The average Bonchev–Trinajstić information content (AvgIpc) is 2.60. The van der Waals surface area contributed by atoms with Gasteiger partial charge in [-0.05, 0) is 30.3 Å². The second kappa shape index (κ2) is 5.08. The van der Waals surface area contributed by atoms with Gasteiger partial charge in [-0.25, -0.2) is 4.39 Å². The fourth-order valence-electron chi connectivity index (χ4n) is 1.25. The predicted molar refractivity (Wildman–Crippen MR) is 69.7 cm³/mol. The summed E-state index contributed by atoms with van der Waals surface area (Å²) in [5.74, 6) is 0.479. The van der Waals surface area contributed by atoms with Crippen molar-refractivity contribution in [1.29, 1.82) is 0 Å². The predicted octanol–water partition coefficient (Wildman–Crippen LogP) is 4.42. The molecule has 1 aromatic carbocycles. The van der Waals surface area contributed by atoms with Crippen LogP contribution in [0.15, 0.2) is 35.2 Å². The molecule has 0 spiro atoms. The van der Waals surface area contributed by atoms with Gasteiger partial charge < -0.3 is 5.73 Å². The standard InChI is InChI=1S/C11H9ClFNS2/c12-11-2-1-9(16-11)6-15-10-4-7(13)3-8(14)5-10/h1-5H,6,14H2. The van der Waals surface area contributed by atoms with Gasteiger partial charge in [0.1, 0.15) is 5.82 Å². The molecular formula is C11H9ClFNS2. The summed E-state index contributed by atoms with van der Waals surface area (Å²) in [6, 6.07) is 8.40. The molecule has 0 radical (unpaired) electrons. The second-order valence-electron chi connectivity index (χ2n) is 3.21. The van der Waals surface area contributed by atoms with Gasteiger partial charge in [0.25, 0.3) is 0 Å². The Kier molecular flexibility index (Phi) is 3.74. The van der Waals surface area contributed by atoms with Crippen LogP contribution in [0.4, 0.5) is 10.1 Å². The van der Waals surface area contributed by atoms with Gasteiger partial charge >= 0.3 is 0 Å². The summed E-state index contributed by atoms with van der Waals surface area (Å²) in [5, 5.41) is 0. The van der Waals surface area contributed by atoms with Crippen LogP contribution in [0.1, 0.15) is 4.88 Å². The SMILES string of the molecule is Nc1cc(F)cc(SCc2ccc(Cl)s2)c1. The minimum atomic E-state index is -0.299. The van der Waals surface area contributed by atoms with Crippen molar-refractivity contribution in [3.63, 3.8) is 0 Å². The van der Waals surface area contributed by atoms with E-state index in [-0.39, 0.29) is 5.82 Å². The number of nitrogens with two attached hydrogens (primary N) is 1. The third-order valence-electron chi connectivity index (χ3n) is 1.90. The molecule has 0 unspecified atom stereocenters. The Labute approximate surface area is 106 Å². The lowest BCUT2D eigenvalue weighted by atomic mass is 10.3. The zero-order chi connectivity index (χ0) is 11.5. The lowest BCUT2D eigenvalue weighted by molar-refractivity contribution is 0.625. The van der Waals surface area contributed by atoms with E-state index in [1.165, 1.54) is 23.5 Å². The summed E-state index contributed by atoms with van der Waals surface area (Å²) in [6.45, 7) is 0. The Morgan fingerprint density at radius 2 is 2.12 bits per heavy atom. The van der Waals surface area contributed by atoms with Crippen LogP contribution in [0.25, 0.3) is 0 Å². The van der Waals surface area contributed by atoms with E-state index in [0.29, 0.717) is 5.69 Å². The van der Waals surface area contributed by atoms with Crippen molar-refractivity contribution >= 4 is 40.4 Å². The van der Waals surface area contributed by atoms with Crippen molar-refractivity contribution in [2.75, 3.05) is 5.73 Å². The Bertz CT molecular complexity index is 478. The Hall–Kier alpha value is -0.710. The monoisotopic (exact) mass is 273 g/mol. The summed E-state index contributed by atoms with van der Waals surface area (Å²) in [6.07, 6.45) is 0. The molecule has 84 valence electrons. The van der Waals surface area contributed by atoms with Gasteiger partial charge in [0.2, 0.25) is 0 Å². The summed E-state index contributed by atoms with van der Waals surface area (Å²) >= 11 is 8.90. The zero-order valence-corrected chi connectivity index (χ0v) is 10.6. The van der Waals surface area contributed by atoms with Crippen LogP contribution < -0.4 is 5.73 Å². The quantitative estimate of drug-likeness (QED) is 0.662. The fraction of sp³-hybridized carbons (Fsp3) is 0.0909. The third kappa shape index (κ3) is 3.14. The van der Waals surface area contributed by atoms with Crippen molar-refractivity contribution < 1.29 is 4.39 Å². The number of hydrogen-bond donors (Lipinski definition) is 1. The van der Waals surface area contributed by atoms with E-state index in [1.807, 2.05) is 12.1 Å². The molecule has 0 fully saturated rings. The number of benzene rings is 1. The molecule has 0 atom stereocenters. The maximum Gasteiger partial charge on any atom is 0.126 e. The Balaban J connectivity index is 2.04. The zero-order valence-electron chi connectivity index (χ0n) is 8.24. The molecule has 2 aromatic rings. The summed E-state index contributed by atoms with van der Waals surface area (Å²) in [4.78, 5) is 2.00. The maximum atomic E-state index is 13.0. The van der Waals surface area contributed by atoms with E-state index in [0.717, 1.165) is 19.9 Å². The first-order valence-electron chi connectivity index (χ1n) is 4.56. The van der Waals surface area contributed by atoms with E-state index in [2.05, 4.69) is 0 Å². The van der Waals surface area contributed by atoms with Gasteiger partial charge in [-0.3, -0.25) is 0 Å². The van der Waals surface area contributed by atoms with Gasteiger partial charge in [0.15, 0.2) is 0 Å². The van der Waals surface area contributed by atoms with E-state index >= 15 is 0 Å². The average molecular weight is 274 g/mol. The van der Waals surface area contributed by atoms with E-state index in [4.69, 9.17) is 17.3 Å². The molecule has 0 bridgehead atoms. The Morgan fingerprint density at radius 1 is 1.31 bits per heavy atom. The first-order chi connectivity index (χ1) is 7.63. The van der Waals surface area contributed by atoms with Crippen LogP contribution in [0, 0.1) is 5.82 Å².